The van der Waals surface area contributed by atoms with Crippen molar-refractivity contribution in [2.75, 3.05) is 5.32 Å². The highest BCUT2D eigenvalue weighted by Gasteiger charge is 2.13. The maximum absolute atomic E-state index is 11.0. The van der Waals surface area contributed by atoms with Gasteiger partial charge in [-0.15, -0.1) is 11.3 Å². The van der Waals surface area contributed by atoms with Crippen LogP contribution in [0.15, 0.2) is 35.7 Å². The van der Waals surface area contributed by atoms with Gasteiger partial charge in [0, 0.05) is 10.6 Å². The summed E-state index contributed by atoms with van der Waals surface area (Å²) in [4.78, 5) is 12.3. The lowest BCUT2D eigenvalue weighted by Gasteiger charge is -2.18. The molecule has 3 nitrogen and oxygen atoms in total. The zero-order chi connectivity index (χ0) is 14.5. The predicted octanol–water partition coefficient (Wildman–Crippen LogP) is 4.71. The predicted molar refractivity (Wildman–Crippen MR) is 83.7 cm³/mol. The molecule has 1 aromatic heterocycles. The molecule has 2 N–H and O–H groups in total. The van der Waals surface area contributed by atoms with Crippen LogP contribution in [0.2, 0.25) is 0 Å². The lowest BCUT2D eigenvalue weighted by Crippen LogP contribution is -2.10. The normalized spacial score (nSPS) is 12.1. The summed E-state index contributed by atoms with van der Waals surface area (Å²) < 4.78 is 0. The van der Waals surface area contributed by atoms with E-state index >= 15 is 0 Å². The maximum atomic E-state index is 11.0. The van der Waals surface area contributed by atoms with Crippen molar-refractivity contribution in [3.63, 3.8) is 0 Å². The van der Waals surface area contributed by atoms with Crippen LogP contribution in [0, 0.1) is 6.92 Å². The first-order chi connectivity index (χ1) is 9.61. The zero-order valence-electron chi connectivity index (χ0n) is 11.7. The summed E-state index contributed by atoms with van der Waals surface area (Å²) in [6.45, 7) is 4.00. The van der Waals surface area contributed by atoms with E-state index in [1.54, 1.807) is 17.4 Å². The van der Waals surface area contributed by atoms with Gasteiger partial charge in [0.15, 0.2) is 0 Å². The van der Waals surface area contributed by atoms with Crippen LogP contribution in [-0.2, 0) is 0 Å². The molecule has 20 heavy (non-hydrogen) atoms. The van der Waals surface area contributed by atoms with E-state index in [1.807, 2.05) is 19.1 Å². The first kappa shape index (κ1) is 14.6. The summed E-state index contributed by atoms with van der Waals surface area (Å²) in [5.74, 6) is -0.877. The Morgan fingerprint density at radius 3 is 2.75 bits per heavy atom. The van der Waals surface area contributed by atoms with Crippen LogP contribution in [0.1, 0.15) is 46.6 Å². The van der Waals surface area contributed by atoms with Crippen LogP contribution in [0.25, 0.3) is 0 Å². The van der Waals surface area contributed by atoms with E-state index in [4.69, 9.17) is 5.11 Å². The van der Waals surface area contributed by atoms with Crippen LogP contribution in [-0.4, -0.2) is 11.1 Å². The highest BCUT2D eigenvalue weighted by atomic mass is 32.1. The van der Waals surface area contributed by atoms with Gasteiger partial charge in [0.2, 0.25) is 0 Å². The third-order valence-corrected chi connectivity index (χ3v) is 4.25. The maximum Gasteiger partial charge on any atom is 0.335 e. The van der Waals surface area contributed by atoms with Gasteiger partial charge >= 0.3 is 5.97 Å². The molecule has 0 aliphatic heterocycles. The van der Waals surface area contributed by atoms with Crippen molar-refractivity contribution < 1.29 is 9.90 Å². The Bertz CT molecular complexity index is 578. The molecule has 1 unspecified atom stereocenters. The number of benzene rings is 1. The van der Waals surface area contributed by atoms with E-state index < -0.39 is 5.97 Å². The molecule has 2 aromatic rings. The molecule has 0 saturated heterocycles. The molecule has 0 amide bonds. The van der Waals surface area contributed by atoms with Gasteiger partial charge in [-0.3, -0.25) is 0 Å². The number of carboxylic acid groups (broad SMARTS) is 1. The molecule has 0 saturated carbocycles. The van der Waals surface area contributed by atoms with Gasteiger partial charge in [0.05, 0.1) is 11.6 Å². The molecule has 0 fully saturated rings. The first-order valence-corrected chi connectivity index (χ1v) is 7.63. The van der Waals surface area contributed by atoms with Crippen molar-refractivity contribution in [3.8, 4) is 0 Å². The number of carboxylic acids is 1. The molecule has 0 bridgehead atoms. The van der Waals surface area contributed by atoms with E-state index in [-0.39, 0.29) is 6.04 Å². The number of aryl methyl sites for hydroxylation is 1. The fraction of sp³-hybridized carbons (Fsp3) is 0.312. The highest BCUT2D eigenvalue weighted by Crippen LogP contribution is 2.28. The molecule has 106 valence electrons. The van der Waals surface area contributed by atoms with Gasteiger partial charge in [-0.05, 0) is 48.6 Å². The van der Waals surface area contributed by atoms with Crippen LogP contribution >= 0.6 is 11.3 Å². The van der Waals surface area contributed by atoms with Gasteiger partial charge < -0.3 is 10.4 Å². The average Bonchev–Trinajstić information content (AvgIpc) is 2.91. The fourth-order valence-corrected chi connectivity index (χ4v) is 3.07. The Labute approximate surface area is 123 Å². The summed E-state index contributed by atoms with van der Waals surface area (Å²) in [5, 5.41) is 14.6. The minimum Gasteiger partial charge on any atom is -0.478 e. The van der Waals surface area contributed by atoms with Crippen molar-refractivity contribution in [1.29, 1.82) is 0 Å². The molecule has 2 rings (SSSR count). The summed E-state index contributed by atoms with van der Waals surface area (Å²) >= 11 is 1.75. The van der Waals surface area contributed by atoms with Gasteiger partial charge in [-0.1, -0.05) is 19.4 Å². The first-order valence-electron chi connectivity index (χ1n) is 6.75. The van der Waals surface area contributed by atoms with E-state index in [0.29, 0.717) is 5.56 Å². The number of hydrogen-bond acceptors (Lipinski definition) is 3. The second-order valence-electron chi connectivity index (χ2n) is 4.84. The van der Waals surface area contributed by atoms with Crippen LogP contribution in [0.3, 0.4) is 0 Å². The van der Waals surface area contributed by atoms with Crippen LogP contribution in [0.5, 0.6) is 0 Å². The highest BCUT2D eigenvalue weighted by molar-refractivity contribution is 7.10. The van der Waals surface area contributed by atoms with Gasteiger partial charge in [0.25, 0.3) is 0 Å². The third-order valence-electron chi connectivity index (χ3n) is 3.26. The van der Waals surface area contributed by atoms with E-state index in [2.05, 4.69) is 29.8 Å². The smallest absolute Gasteiger partial charge is 0.335 e. The molecular formula is C16H19NO2S. The largest absolute Gasteiger partial charge is 0.478 e. The minimum absolute atomic E-state index is 0.287. The number of aromatic carboxylic acids is 1. The Balaban J connectivity index is 2.19. The van der Waals surface area contributed by atoms with E-state index in [9.17, 15) is 4.79 Å². The second-order valence-corrected chi connectivity index (χ2v) is 5.82. The topological polar surface area (TPSA) is 49.3 Å². The van der Waals surface area contributed by atoms with Gasteiger partial charge in [0.1, 0.15) is 0 Å². The minimum atomic E-state index is -0.877. The number of rotatable bonds is 6. The number of nitrogens with one attached hydrogen (secondary N) is 1. The molecule has 1 atom stereocenters. The Kier molecular flexibility index (Phi) is 4.79. The van der Waals surface area contributed by atoms with E-state index in [1.165, 1.54) is 4.88 Å². The monoisotopic (exact) mass is 289 g/mol. The van der Waals surface area contributed by atoms with Crippen molar-refractivity contribution in [2.24, 2.45) is 0 Å². The van der Waals surface area contributed by atoms with Crippen molar-refractivity contribution >= 4 is 23.0 Å². The average molecular weight is 289 g/mol. The Morgan fingerprint density at radius 2 is 2.20 bits per heavy atom. The van der Waals surface area contributed by atoms with Crippen LogP contribution < -0.4 is 5.32 Å². The molecule has 4 heteroatoms. The Hall–Kier alpha value is -1.81. The summed E-state index contributed by atoms with van der Waals surface area (Å²) in [5.41, 5.74) is 2.11. The Morgan fingerprint density at radius 1 is 1.40 bits per heavy atom. The fourth-order valence-electron chi connectivity index (χ4n) is 2.26. The lowest BCUT2D eigenvalue weighted by atomic mass is 10.1. The standard InChI is InChI=1S/C16H19NO2S/c1-3-5-14(15-6-4-9-20-15)17-12-7-8-13(16(18)19)11(2)10-12/h4,6-10,14,17H,3,5H2,1-2H3,(H,18,19). The number of thiophene rings is 1. The molecule has 0 spiro atoms. The quantitative estimate of drug-likeness (QED) is 0.809. The molecule has 0 aliphatic carbocycles. The van der Waals surface area contributed by atoms with Crippen LogP contribution in [0.4, 0.5) is 5.69 Å². The third kappa shape index (κ3) is 3.39. The van der Waals surface area contributed by atoms with Crippen molar-refractivity contribution in [1.82, 2.24) is 0 Å². The molecule has 1 heterocycles. The summed E-state index contributed by atoms with van der Waals surface area (Å²) in [6.07, 6.45) is 2.15. The van der Waals surface area contributed by atoms with Gasteiger partial charge in [-0.25, -0.2) is 4.79 Å². The lowest BCUT2D eigenvalue weighted by molar-refractivity contribution is 0.0696. The molecule has 1 aromatic carbocycles. The number of anilines is 1. The molecule has 0 radical (unpaired) electrons. The van der Waals surface area contributed by atoms with E-state index in [0.717, 1.165) is 24.1 Å². The zero-order valence-corrected chi connectivity index (χ0v) is 12.5. The van der Waals surface area contributed by atoms with Gasteiger partial charge in [-0.2, -0.15) is 0 Å². The second kappa shape index (κ2) is 6.57. The van der Waals surface area contributed by atoms with Crippen molar-refractivity contribution in [3.05, 3.63) is 51.7 Å². The molecule has 0 aliphatic rings. The number of hydrogen-bond donors (Lipinski definition) is 2. The SMILES string of the molecule is CCCC(Nc1ccc(C(=O)O)c(C)c1)c1cccs1. The number of carbonyl (C=O) groups is 1. The summed E-state index contributed by atoms with van der Waals surface area (Å²) in [7, 11) is 0. The van der Waals surface area contributed by atoms with Crippen molar-refractivity contribution in [2.45, 2.75) is 32.7 Å². The molecular weight excluding hydrogens is 270 g/mol. The summed E-state index contributed by atoms with van der Waals surface area (Å²) in [6, 6.07) is 9.89.